The average Bonchev–Trinajstić information content (AvgIpc) is 2.34. The SMILES string of the molecule is CC(NC1CCCOC1)c1cccc(F)c1F. The molecule has 1 aromatic carbocycles. The zero-order valence-electron chi connectivity index (χ0n) is 9.88. The molecule has 0 saturated carbocycles. The Balaban J connectivity index is 2.03. The highest BCUT2D eigenvalue weighted by atomic mass is 19.2. The van der Waals surface area contributed by atoms with Gasteiger partial charge in [-0.2, -0.15) is 0 Å². The molecule has 0 aromatic heterocycles. The highest BCUT2D eigenvalue weighted by Crippen LogP contribution is 2.20. The smallest absolute Gasteiger partial charge is 0.163 e. The van der Waals surface area contributed by atoms with Gasteiger partial charge in [0.1, 0.15) is 0 Å². The minimum Gasteiger partial charge on any atom is -0.380 e. The lowest BCUT2D eigenvalue weighted by atomic mass is 10.0. The maximum Gasteiger partial charge on any atom is 0.163 e. The molecule has 1 aliphatic heterocycles. The Morgan fingerprint density at radius 1 is 1.41 bits per heavy atom. The molecule has 1 fully saturated rings. The summed E-state index contributed by atoms with van der Waals surface area (Å²) in [5, 5.41) is 3.27. The minimum atomic E-state index is -0.795. The highest BCUT2D eigenvalue weighted by molar-refractivity contribution is 5.22. The van der Waals surface area contributed by atoms with Gasteiger partial charge in [0, 0.05) is 24.3 Å². The van der Waals surface area contributed by atoms with Gasteiger partial charge in [0.2, 0.25) is 0 Å². The molecule has 0 bridgehead atoms. The molecule has 1 heterocycles. The van der Waals surface area contributed by atoms with E-state index in [1.54, 1.807) is 6.07 Å². The van der Waals surface area contributed by atoms with Gasteiger partial charge in [0.25, 0.3) is 0 Å². The maximum atomic E-state index is 13.6. The fourth-order valence-corrected chi connectivity index (χ4v) is 2.17. The van der Waals surface area contributed by atoms with Crippen LogP contribution in [0.3, 0.4) is 0 Å². The van der Waals surface area contributed by atoms with Crippen LogP contribution in [0, 0.1) is 11.6 Å². The first-order valence-electron chi connectivity index (χ1n) is 5.96. The number of hydrogen-bond acceptors (Lipinski definition) is 2. The van der Waals surface area contributed by atoms with Crippen LogP contribution in [0.25, 0.3) is 0 Å². The Morgan fingerprint density at radius 2 is 2.24 bits per heavy atom. The predicted octanol–water partition coefficient (Wildman–Crippen LogP) is 2.79. The van der Waals surface area contributed by atoms with Crippen molar-refractivity contribution in [2.45, 2.75) is 31.8 Å². The fraction of sp³-hybridized carbons (Fsp3) is 0.538. The molecular formula is C13H17F2NO. The minimum absolute atomic E-state index is 0.211. The summed E-state index contributed by atoms with van der Waals surface area (Å²) < 4.78 is 32.0. The van der Waals surface area contributed by atoms with Crippen LogP contribution in [-0.2, 0) is 4.74 Å². The van der Waals surface area contributed by atoms with E-state index in [0.29, 0.717) is 12.2 Å². The first-order chi connectivity index (χ1) is 8.18. The topological polar surface area (TPSA) is 21.3 Å². The van der Waals surface area contributed by atoms with E-state index >= 15 is 0 Å². The van der Waals surface area contributed by atoms with E-state index in [4.69, 9.17) is 4.74 Å². The van der Waals surface area contributed by atoms with Crippen LogP contribution in [-0.4, -0.2) is 19.3 Å². The Kier molecular flexibility index (Phi) is 4.07. The molecule has 2 atom stereocenters. The number of halogens is 2. The lowest BCUT2D eigenvalue weighted by Crippen LogP contribution is -2.38. The van der Waals surface area contributed by atoms with E-state index in [1.165, 1.54) is 6.07 Å². The van der Waals surface area contributed by atoms with Crippen molar-refractivity contribution >= 4 is 0 Å². The second-order valence-corrected chi connectivity index (χ2v) is 4.45. The molecule has 17 heavy (non-hydrogen) atoms. The lowest BCUT2D eigenvalue weighted by molar-refractivity contribution is 0.0669. The van der Waals surface area contributed by atoms with E-state index in [0.717, 1.165) is 25.5 Å². The molecule has 94 valence electrons. The molecule has 1 N–H and O–H groups in total. The molecule has 2 rings (SSSR count). The molecule has 0 radical (unpaired) electrons. The molecule has 0 aliphatic carbocycles. The number of ether oxygens (including phenoxy) is 1. The van der Waals surface area contributed by atoms with Crippen molar-refractivity contribution in [2.24, 2.45) is 0 Å². The normalized spacial score (nSPS) is 22.4. The number of nitrogens with one attached hydrogen (secondary N) is 1. The largest absolute Gasteiger partial charge is 0.380 e. The third-order valence-corrected chi connectivity index (χ3v) is 3.09. The summed E-state index contributed by atoms with van der Waals surface area (Å²) in [6.45, 7) is 3.27. The summed E-state index contributed by atoms with van der Waals surface area (Å²) in [5.74, 6) is -1.56. The van der Waals surface area contributed by atoms with Crippen LogP contribution in [0.1, 0.15) is 31.4 Å². The molecule has 4 heteroatoms. The fourth-order valence-electron chi connectivity index (χ4n) is 2.17. The monoisotopic (exact) mass is 241 g/mol. The van der Waals surface area contributed by atoms with Crippen LogP contribution < -0.4 is 5.32 Å². The van der Waals surface area contributed by atoms with Crippen LogP contribution in [0.2, 0.25) is 0 Å². The number of rotatable bonds is 3. The van der Waals surface area contributed by atoms with Gasteiger partial charge in [-0.15, -0.1) is 0 Å². The summed E-state index contributed by atoms with van der Waals surface area (Å²) in [7, 11) is 0. The zero-order valence-corrected chi connectivity index (χ0v) is 9.88. The van der Waals surface area contributed by atoms with Crippen LogP contribution in [0.5, 0.6) is 0 Å². The van der Waals surface area contributed by atoms with Gasteiger partial charge in [0.15, 0.2) is 11.6 Å². The molecule has 2 unspecified atom stereocenters. The molecule has 1 saturated heterocycles. The average molecular weight is 241 g/mol. The second-order valence-electron chi connectivity index (χ2n) is 4.45. The summed E-state index contributed by atoms with van der Waals surface area (Å²) in [4.78, 5) is 0. The van der Waals surface area contributed by atoms with Crippen molar-refractivity contribution in [1.29, 1.82) is 0 Å². The first kappa shape index (κ1) is 12.5. The van der Waals surface area contributed by atoms with Crippen LogP contribution in [0.4, 0.5) is 8.78 Å². The van der Waals surface area contributed by atoms with Gasteiger partial charge in [-0.3, -0.25) is 0 Å². The van der Waals surface area contributed by atoms with E-state index in [-0.39, 0.29) is 12.1 Å². The van der Waals surface area contributed by atoms with Crippen molar-refractivity contribution in [3.8, 4) is 0 Å². The molecule has 0 spiro atoms. The zero-order chi connectivity index (χ0) is 12.3. The van der Waals surface area contributed by atoms with Gasteiger partial charge in [-0.25, -0.2) is 8.78 Å². The van der Waals surface area contributed by atoms with E-state index < -0.39 is 11.6 Å². The highest BCUT2D eigenvalue weighted by Gasteiger charge is 2.19. The van der Waals surface area contributed by atoms with Gasteiger partial charge in [0.05, 0.1) is 6.61 Å². The van der Waals surface area contributed by atoms with E-state index in [2.05, 4.69) is 5.32 Å². The summed E-state index contributed by atoms with van der Waals surface area (Å²) in [6.07, 6.45) is 2.03. The van der Waals surface area contributed by atoms with E-state index in [1.807, 2.05) is 6.92 Å². The molecule has 1 aromatic rings. The maximum absolute atomic E-state index is 13.6. The Hall–Kier alpha value is -1.00. The van der Waals surface area contributed by atoms with Gasteiger partial charge in [-0.05, 0) is 25.8 Å². The lowest BCUT2D eigenvalue weighted by Gasteiger charge is -2.27. The third-order valence-electron chi connectivity index (χ3n) is 3.09. The molecule has 2 nitrogen and oxygen atoms in total. The second kappa shape index (κ2) is 5.56. The standard InChI is InChI=1S/C13H17F2NO/c1-9(16-10-4-3-7-17-8-10)11-5-2-6-12(14)13(11)15/h2,5-6,9-10,16H,3-4,7-8H2,1H3. The van der Waals surface area contributed by atoms with E-state index in [9.17, 15) is 8.78 Å². The van der Waals surface area contributed by atoms with Gasteiger partial charge in [-0.1, -0.05) is 12.1 Å². The van der Waals surface area contributed by atoms with Crippen LogP contribution in [0.15, 0.2) is 18.2 Å². The Morgan fingerprint density at radius 3 is 2.94 bits per heavy atom. The van der Waals surface area contributed by atoms with Crippen LogP contribution >= 0.6 is 0 Å². The quantitative estimate of drug-likeness (QED) is 0.878. The number of hydrogen-bond donors (Lipinski definition) is 1. The third kappa shape index (κ3) is 3.01. The summed E-state index contributed by atoms with van der Waals surface area (Å²) in [5.41, 5.74) is 0.371. The Bertz CT molecular complexity index is 378. The molecule has 0 amide bonds. The van der Waals surface area contributed by atoms with Crippen molar-refractivity contribution in [3.05, 3.63) is 35.4 Å². The van der Waals surface area contributed by atoms with Crippen molar-refractivity contribution in [3.63, 3.8) is 0 Å². The number of benzene rings is 1. The van der Waals surface area contributed by atoms with Crippen molar-refractivity contribution in [1.82, 2.24) is 5.32 Å². The summed E-state index contributed by atoms with van der Waals surface area (Å²) in [6, 6.07) is 4.29. The Labute approximate surface area is 100.0 Å². The van der Waals surface area contributed by atoms with Gasteiger partial charge >= 0.3 is 0 Å². The summed E-state index contributed by atoms with van der Waals surface area (Å²) >= 11 is 0. The van der Waals surface area contributed by atoms with Crippen molar-refractivity contribution < 1.29 is 13.5 Å². The first-order valence-corrected chi connectivity index (χ1v) is 5.96. The predicted molar refractivity (Wildman–Crippen MR) is 61.7 cm³/mol. The van der Waals surface area contributed by atoms with Crippen molar-refractivity contribution in [2.75, 3.05) is 13.2 Å². The molecular weight excluding hydrogens is 224 g/mol. The van der Waals surface area contributed by atoms with Gasteiger partial charge < -0.3 is 10.1 Å². The molecule has 1 aliphatic rings.